The molecule has 1 aliphatic rings. The number of hydrogen-bond donors (Lipinski definition) is 1. The molecular weight excluding hydrogens is 294 g/mol. The van der Waals surface area contributed by atoms with Crippen LogP contribution < -0.4 is 10.1 Å². The summed E-state index contributed by atoms with van der Waals surface area (Å²) in [4.78, 5) is 0. The minimum absolute atomic E-state index is 0.626. The molecule has 2 heteroatoms. The lowest BCUT2D eigenvalue weighted by atomic mass is 10.1. The van der Waals surface area contributed by atoms with Crippen molar-refractivity contribution >= 4 is 0 Å². The summed E-state index contributed by atoms with van der Waals surface area (Å²) in [5.74, 6) is 0.940. The summed E-state index contributed by atoms with van der Waals surface area (Å²) in [6.07, 6.45) is 8.23. The van der Waals surface area contributed by atoms with Crippen molar-refractivity contribution in [3.05, 3.63) is 65.2 Å². The van der Waals surface area contributed by atoms with E-state index in [-0.39, 0.29) is 0 Å². The number of ether oxygens (including phenoxy) is 1. The summed E-state index contributed by atoms with van der Waals surface area (Å²) >= 11 is 0. The first-order valence-electron chi connectivity index (χ1n) is 9.30. The minimum Gasteiger partial charge on any atom is -0.489 e. The molecule has 0 radical (unpaired) electrons. The van der Waals surface area contributed by atoms with Crippen LogP contribution in [0.2, 0.25) is 0 Å². The van der Waals surface area contributed by atoms with Crippen LogP contribution in [-0.4, -0.2) is 6.04 Å². The fraction of sp³-hybridized carbons (Fsp3) is 0.455. The van der Waals surface area contributed by atoms with Gasteiger partial charge in [0.05, 0.1) is 0 Å². The normalized spacial score (nSPS) is 15.9. The zero-order valence-corrected chi connectivity index (χ0v) is 14.8. The van der Waals surface area contributed by atoms with Crippen LogP contribution in [0.1, 0.15) is 55.2 Å². The predicted molar refractivity (Wildman–Crippen MR) is 100 cm³/mol. The maximum atomic E-state index is 5.89. The van der Waals surface area contributed by atoms with Crippen molar-refractivity contribution in [3.8, 4) is 5.75 Å². The summed E-state index contributed by atoms with van der Waals surface area (Å²) in [6, 6.07) is 17.7. The summed E-state index contributed by atoms with van der Waals surface area (Å²) in [5, 5.41) is 3.72. The molecule has 2 nitrogen and oxygen atoms in total. The van der Waals surface area contributed by atoms with Gasteiger partial charge in [-0.15, -0.1) is 0 Å². The predicted octanol–water partition coefficient (Wildman–Crippen LogP) is 5.39. The van der Waals surface area contributed by atoms with E-state index < -0.39 is 0 Å². The van der Waals surface area contributed by atoms with Crippen LogP contribution in [0.25, 0.3) is 0 Å². The van der Waals surface area contributed by atoms with Gasteiger partial charge >= 0.3 is 0 Å². The molecule has 0 saturated heterocycles. The van der Waals surface area contributed by atoms with Gasteiger partial charge in [-0.05, 0) is 43.0 Å². The number of rotatable bonds is 6. The van der Waals surface area contributed by atoms with Crippen LogP contribution >= 0.6 is 0 Å². The van der Waals surface area contributed by atoms with Crippen LogP contribution in [0, 0.1) is 6.92 Å². The zero-order chi connectivity index (χ0) is 16.6. The van der Waals surface area contributed by atoms with E-state index in [1.165, 1.54) is 55.2 Å². The maximum Gasteiger partial charge on any atom is 0.119 e. The van der Waals surface area contributed by atoms with Crippen molar-refractivity contribution in [2.45, 2.75) is 64.6 Å². The fourth-order valence-corrected chi connectivity index (χ4v) is 3.42. The summed E-state index contributed by atoms with van der Waals surface area (Å²) in [6.45, 7) is 3.70. The summed E-state index contributed by atoms with van der Waals surface area (Å²) in [7, 11) is 0. The Morgan fingerprint density at radius 3 is 2.38 bits per heavy atom. The van der Waals surface area contributed by atoms with Gasteiger partial charge in [0.1, 0.15) is 12.4 Å². The molecule has 0 aromatic heterocycles. The topological polar surface area (TPSA) is 21.3 Å². The Labute approximate surface area is 146 Å². The van der Waals surface area contributed by atoms with Crippen molar-refractivity contribution in [1.82, 2.24) is 5.32 Å². The highest BCUT2D eigenvalue weighted by Crippen LogP contribution is 2.18. The standard InChI is InChI=1S/C22H29NO/c1-18-7-6-8-20(15-18)17-24-22-13-11-19(12-14-22)16-23-21-9-4-2-3-5-10-21/h6-8,11-15,21,23H,2-5,9-10,16-17H2,1H3. The number of aryl methyl sites for hydroxylation is 1. The lowest BCUT2D eigenvalue weighted by Crippen LogP contribution is -2.27. The monoisotopic (exact) mass is 323 g/mol. The third-order valence-corrected chi connectivity index (χ3v) is 4.86. The van der Waals surface area contributed by atoms with Gasteiger partial charge < -0.3 is 10.1 Å². The van der Waals surface area contributed by atoms with E-state index in [2.05, 4.69) is 60.8 Å². The Morgan fingerprint density at radius 1 is 0.917 bits per heavy atom. The van der Waals surface area contributed by atoms with Crippen molar-refractivity contribution < 1.29 is 4.74 Å². The Kier molecular flexibility index (Phi) is 6.31. The van der Waals surface area contributed by atoms with Crippen LogP contribution in [-0.2, 0) is 13.2 Å². The second kappa shape index (κ2) is 8.89. The van der Waals surface area contributed by atoms with Crippen LogP contribution in [0.15, 0.2) is 48.5 Å². The molecule has 128 valence electrons. The molecule has 0 amide bonds. The smallest absolute Gasteiger partial charge is 0.119 e. The van der Waals surface area contributed by atoms with Gasteiger partial charge in [0.2, 0.25) is 0 Å². The van der Waals surface area contributed by atoms with Gasteiger partial charge in [0, 0.05) is 12.6 Å². The van der Waals surface area contributed by atoms with Crippen molar-refractivity contribution in [1.29, 1.82) is 0 Å². The maximum absolute atomic E-state index is 5.89. The molecule has 0 bridgehead atoms. The van der Waals surface area contributed by atoms with Crippen LogP contribution in [0.3, 0.4) is 0 Å². The average Bonchev–Trinajstić information content (AvgIpc) is 2.88. The van der Waals surface area contributed by atoms with Crippen LogP contribution in [0.4, 0.5) is 0 Å². The molecule has 1 fully saturated rings. The third kappa shape index (κ3) is 5.38. The molecule has 0 spiro atoms. The van der Waals surface area contributed by atoms with E-state index >= 15 is 0 Å². The quantitative estimate of drug-likeness (QED) is 0.720. The highest BCUT2D eigenvalue weighted by molar-refractivity contribution is 5.28. The Bertz CT molecular complexity index is 612. The van der Waals surface area contributed by atoms with Gasteiger partial charge in [0.15, 0.2) is 0 Å². The second-order valence-electron chi connectivity index (χ2n) is 6.99. The first-order chi connectivity index (χ1) is 11.8. The lowest BCUT2D eigenvalue weighted by molar-refractivity contribution is 0.306. The van der Waals surface area contributed by atoms with Crippen molar-refractivity contribution in [2.24, 2.45) is 0 Å². The van der Waals surface area contributed by atoms with Gasteiger partial charge in [-0.3, -0.25) is 0 Å². The van der Waals surface area contributed by atoms with Gasteiger partial charge in [-0.1, -0.05) is 67.6 Å². The van der Waals surface area contributed by atoms with Gasteiger partial charge in [0.25, 0.3) is 0 Å². The van der Waals surface area contributed by atoms with E-state index in [9.17, 15) is 0 Å². The van der Waals surface area contributed by atoms with Gasteiger partial charge in [-0.25, -0.2) is 0 Å². The SMILES string of the molecule is Cc1cccc(COc2ccc(CNC3CCCCCC3)cc2)c1. The second-order valence-corrected chi connectivity index (χ2v) is 6.99. The molecule has 2 aromatic carbocycles. The first-order valence-corrected chi connectivity index (χ1v) is 9.30. The summed E-state index contributed by atoms with van der Waals surface area (Å²) in [5.41, 5.74) is 3.83. The highest BCUT2D eigenvalue weighted by atomic mass is 16.5. The van der Waals surface area contributed by atoms with E-state index in [0.29, 0.717) is 12.6 Å². The van der Waals surface area contributed by atoms with E-state index in [1.807, 2.05) is 0 Å². The summed E-state index contributed by atoms with van der Waals surface area (Å²) < 4.78 is 5.89. The molecule has 0 heterocycles. The van der Waals surface area contributed by atoms with Crippen LogP contribution in [0.5, 0.6) is 5.75 Å². The highest BCUT2D eigenvalue weighted by Gasteiger charge is 2.11. The van der Waals surface area contributed by atoms with Crippen molar-refractivity contribution in [3.63, 3.8) is 0 Å². The molecule has 0 unspecified atom stereocenters. The van der Waals surface area contributed by atoms with E-state index in [1.54, 1.807) is 0 Å². The Balaban J connectivity index is 1.46. The molecular formula is C22H29NO. The Hall–Kier alpha value is -1.80. The molecule has 1 aliphatic carbocycles. The zero-order valence-electron chi connectivity index (χ0n) is 14.8. The molecule has 0 aliphatic heterocycles. The van der Waals surface area contributed by atoms with E-state index in [0.717, 1.165) is 12.3 Å². The number of benzene rings is 2. The Morgan fingerprint density at radius 2 is 1.67 bits per heavy atom. The number of hydrogen-bond acceptors (Lipinski definition) is 2. The van der Waals surface area contributed by atoms with Gasteiger partial charge in [-0.2, -0.15) is 0 Å². The lowest BCUT2D eigenvalue weighted by Gasteiger charge is -2.16. The molecule has 2 aromatic rings. The number of nitrogens with one attached hydrogen (secondary N) is 1. The molecule has 1 saturated carbocycles. The molecule has 0 atom stereocenters. The average molecular weight is 323 g/mol. The first kappa shape index (κ1) is 17.0. The van der Waals surface area contributed by atoms with Crippen molar-refractivity contribution in [2.75, 3.05) is 0 Å². The molecule has 1 N–H and O–H groups in total. The molecule has 24 heavy (non-hydrogen) atoms. The third-order valence-electron chi connectivity index (χ3n) is 4.86. The minimum atomic E-state index is 0.626. The largest absolute Gasteiger partial charge is 0.489 e. The van der Waals surface area contributed by atoms with E-state index in [4.69, 9.17) is 4.74 Å². The fourth-order valence-electron chi connectivity index (χ4n) is 3.42. The molecule has 3 rings (SSSR count).